The molecule has 3 heterocycles. The Bertz CT molecular complexity index is 1330. The van der Waals surface area contributed by atoms with Gasteiger partial charge in [0.05, 0.1) is 13.2 Å². The van der Waals surface area contributed by atoms with Crippen LogP contribution < -0.4 is 14.4 Å². The summed E-state index contributed by atoms with van der Waals surface area (Å²) < 4.78 is 39.5. The Morgan fingerprint density at radius 2 is 2.09 bits per heavy atom. The second kappa shape index (κ2) is 6.69. The SMILES string of the molecule is COc1ncccc1S(=O)(=O)Nc1noc2c1CC1(CC1)c1ccc(N3CC(O)C3)cc1-2. The number of nitrogens with one attached hydrogen (secondary N) is 1. The van der Waals surface area contributed by atoms with Crippen LogP contribution in [0.5, 0.6) is 5.88 Å². The molecule has 0 atom stereocenters. The zero-order valence-electron chi connectivity index (χ0n) is 17.4. The molecular formula is C22H22N4O5S. The maximum absolute atomic E-state index is 13.1. The number of nitrogens with zero attached hydrogens (tertiary/aromatic N) is 3. The van der Waals surface area contributed by atoms with Gasteiger partial charge in [-0.25, -0.2) is 13.4 Å². The fraction of sp³-hybridized carbons (Fsp3) is 0.364. The van der Waals surface area contributed by atoms with Gasteiger partial charge in [-0.3, -0.25) is 4.72 Å². The molecule has 1 aliphatic heterocycles. The molecule has 9 nitrogen and oxygen atoms in total. The summed E-state index contributed by atoms with van der Waals surface area (Å²) in [5, 5.41) is 13.8. The number of sulfonamides is 1. The van der Waals surface area contributed by atoms with Crippen molar-refractivity contribution in [2.45, 2.75) is 35.7 Å². The lowest BCUT2D eigenvalue weighted by Crippen LogP contribution is -2.50. The number of aliphatic hydroxyl groups is 1. The largest absolute Gasteiger partial charge is 0.480 e. The van der Waals surface area contributed by atoms with Gasteiger partial charge in [-0.05, 0) is 49.1 Å². The summed E-state index contributed by atoms with van der Waals surface area (Å²) in [5.41, 5.74) is 3.93. The summed E-state index contributed by atoms with van der Waals surface area (Å²) in [5.74, 6) is 0.812. The molecule has 0 bridgehead atoms. The van der Waals surface area contributed by atoms with Crippen molar-refractivity contribution in [2.75, 3.05) is 29.8 Å². The van der Waals surface area contributed by atoms with Crippen LogP contribution in [-0.4, -0.2) is 50.0 Å². The summed E-state index contributed by atoms with van der Waals surface area (Å²) in [4.78, 5) is 6.03. The fourth-order valence-electron chi connectivity index (χ4n) is 4.76. The monoisotopic (exact) mass is 454 g/mol. The van der Waals surface area contributed by atoms with Crippen LogP contribution in [0.15, 0.2) is 45.9 Å². The molecule has 10 heteroatoms. The molecule has 0 amide bonds. The number of hydrogen-bond donors (Lipinski definition) is 2. The van der Waals surface area contributed by atoms with E-state index in [0.29, 0.717) is 25.3 Å². The molecule has 6 rings (SSSR count). The summed E-state index contributed by atoms with van der Waals surface area (Å²) in [6.45, 7) is 1.20. The number of hydrogen-bond acceptors (Lipinski definition) is 8. The maximum atomic E-state index is 13.1. The molecule has 0 radical (unpaired) electrons. The van der Waals surface area contributed by atoms with Crippen molar-refractivity contribution in [1.29, 1.82) is 0 Å². The normalized spacial score (nSPS) is 18.6. The Morgan fingerprint density at radius 3 is 2.81 bits per heavy atom. The van der Waals surface area contributed by atoms with E-state index in [1.54, 1.807) is 6.07 Å². The highest BCUT2D eigenvalue weighted by atomic mass is 32.2. The number of β-amino-alcohol motifs (C(OH)–C–C–N with tert-alkyl or cyclic N) is 1. The molecule has 1 aromatic carbocycles. The van der Waals surface area contributed by atoms with E-state index in [9.17, 15) is 13.5 Å². The first kappa shape index (κ1) is 19.6. The van der Waals surface area contributed by atoms with E-state index in [4.69, 9.17) is 9.26 Å². The molecule has 3 aliphatic rings. The van der Waals surface area contributed by atoms with E-state index in [2.05, 4.69) is 38.0 Å². The summed E-state index contributed by atoms with van der Waals surface area (Å²) >= 11 is 0. The quantitative estimate of drug-likeness (QED) is 0.603. The Morgan fingerprint density at radius 1 is 1.28 bits per heavy atom. The van der Waals surface area contributed by atoms with Crippen molar-refractivity contribution in [3.8, 4) is 17.2 Å². The standard InChI is InChI=1S/C22H22N4O5S/c1-30-21-18(3-2-8-23-21)32(28,29)25-20-16-10-22(6-7-22)17-5-4-13(26-11-14(27)12-26)9-15(17)19(16)31-24-20/h2-5,8-9,14,27H,6-7,10-12H2,1H3,(H,24,25). The number of aromatic nitrogens is 2. The third kappa shape index (κ3) is 2.90. The number of anilines is 2. The Labute approximate surface area is 185 Å². The Balaban J connectivity index is 1.40. The van der Waals surface area contributed by atoms with Gasteiger partial charge in [0.15, 0.2) is 11.6 Å². The molecule has 1 saturated carbocycles. The van der Waals surface area contributed by atoms with Crippen molar-refractivity contribution in [2.24, 2.45) is 0 Å². The average Bonchev–Trinajstić information content (AvgIpc) is 3.44. The second-order valence-corrected chi connectivity index (χ2v) is 10.4. The molecule has 1 spiro atoms. The van der Waals surface area contributed by atoms with E-state index >= 15 is 0 Å². The number of aliphatic hydroxyl groups excluding tert-OH is 1. The number of rotatable bonds is 5. The lowest BCUT2D eigenvalue weighted by atomic mass is 9.79. The second-order valence-electron chi connectivity index (χ2n) is 8.70. The van der Waals surface area contributed by atoms with Crippen molar-refractivity contribution in [1.82, 2.24) is 10.1 Å². The molecule has 2 aliphatic carbocycles. The highest BCUT2D eigenvalue weighted by Gasteiger charge is 2.50. The zero-order chi connectivity index (χ0) is 22.1. The van der Waals surface area contributed by atoms with E-state index in [1.165, 1.54) is 24.9 Å². The molecule has 1 saturated heterocycles. The van der Waals surface area contributed by atoms with Gasteiger partial charge in [-0.15, -0.1) is 0 Å². The first-order chi connectivity index (χ1) is 15.4. The van der Waals surface area contributed by atoms with Gasteiger partial charge in [-0.2, -0.15) is 0 Å². The van der Waals surface area contributed by atoms with E-state index in [-0.39, 0.29) is 28.1 Å². The highest BCUT2D eigenvalue weighted by molar-refractivity contribution is 7.92. The van der Waals surface area contributed by atoms with Crippen molar-refractivity contribution in [3.05, 3.63) is 47.7 Å². The lowest BCUT2D eigenvalue weighted by Gasteiger charge is -2.38. The predicted octanol–water partition coefficient (Wildman–Crippen LogP) is 2.31. The third-order valence-electron chi connectivity index (χ3n) is 6.65. The maximum Gasteiger partial charge on any atom is 0.268 e. The summed E-state index contributed by atoms with van der Waals surface area (Å²) in [6, 6.07) is 9.26. The van der Waals surface area contributed by atoms with E-state index < -0.39 is 10.0 Å². The minimum Gasteiger partial charge on any atom is -0.480 e. The Hall–Kier alpha value is -3.11. The highest BCUT2D eigenvalue weighted by Crippen LogP contribution is 2.58. The Kier molecular flexibility index (Phi) is 4.09. The minimum atomic E-state index is -3.97. The van der Waals surface area contributed by atoms with Crippen LogP contribution >= 0.6 is 0 Å². The fourth-order valence-corrected chi connectivity index (χ4v) is 5.91. The summed E-state index contributed by atoms with van der Waals surface area (Å²) in [7, 11) is -2.60. The number of ether oxygens (including phenoxy) is 1. The molecule has 0 unspecified atom stereocenters. The van der Waals surface area contributed by atoms with Gasteiger partial charge in [0, 0.05) is 41.5 Å². The molecule has 2 fully saturated rings. The van der Waals surface area contributed by atoms with Crippen LogP contribution in [0.2, 0.25) is 0 Å². The predicted molar refractivity (Wildman–Crippen MR) is 116 cm³/mol. The van der Waals surface area contributed by atoms with Gasteiger partial charge in [0.2, 0.25) is 5.88 Å². The van der Waals surface area contributed by atoms with E-state index in [1.807, 2.05) is 0 Å². The lowest BCUT2D eigenvalue weighted by molar-refractivity contribution is 0.142. The van der Waals surface area contributed by atoms with Crippen LogP contribution in [0.4, 0.5) is 11.5 Å². The van der Waals surface area contributed by atoms with Gasteiger partial charge in [-0.1, -0.05) is 11.2 Å². The smallest absolute Gasteiger partial charge is 0.268 e. The van der Waals surface area contributed by atoms with Crippen LogP contribution in [0.3, 0.4) is 0 Å². The molecule has 2 aromatic heterocycles. The molecule has 2 N–H and O–H groups in total. The van der Waals surface area contributed by atoms with Crippen molar-refractivity contribution >= 4 is 21.5 Å². The number of fused-ring (bicyclic) bond motifs is 4. The van der Waals surface area contributed by atoms with Crippen LogP contribution in [0.1, 0.15) is 24.0 Å². The van der Waals surface area contributed by atoms with Crippen molar-refractivity contribution in [3.63, 3.8) is 0 Å². The van der Waals surface area contributed by atoms with Crippen LogP contribution in [0, 0.1) is 0 Å². The first-order valence-corrected chi connectivity index (χ1v) is 12.0. The first-order valence-electron chi connectivity index (χ1n) is 10.5. The van der Waals surface area contributed by atoms with Crippen LogP contribution in [-0.2, 0) is 21.9 Å². The van der Waals surface area contributed by atoms with Gasteiger partial charge in [0.1, 0.15) is 4.90 Å². The molecule has 166 valence electrons. The third-order valence-corrected chi connectivity index (χ3v) is 8.01. The van der Waals surface area contributed by atoms with E-state index in [0.717, 1.165) is 29.7 Å². The average molecular weight is 455 g/mol. The van der Waals surface area contributed by atoms with Gasteiger partial charge >= 0.3 is 0 Å². The number of benzene rings is 1. The topological polar surface area (TPSA) is 118 Å². The van der Waals surface area contributed by atoms with Gasteiger partial charge in [0.25, 0.3) is 10.0 Å². The van der Waals surface area contributed by atoms with Gasteiger partial charge < -0.3 is 19.3 Å². The molecule has 32 heavy (non-hydrogen) atoms. The van der Waals surface area contributed by atoms with Crippen LogP contribution in [0.25, 0.3) is 11.3 Å². The number of methoxy groups -OCH3 is 1. The van der Waals surface area contributed by atoms with Crippen molar-refractivity contribution < 1.29 is 22.8 Å². The molecule has 3 aromatic rings. The molecular weight excluding hydrogens is 432 g/mol. The minimum absolute atomic E-state index is 0.00688. The number of pyridine rings is 1. The zero-order valence-corrected chi connectivity index (χ0v) is 18.2. The summed E-state index contributed by atoms with van der Waals surface area (Å²) in [6.07, 6.45) is 3.91.